The average Bonchev–Trinajstić information content (AvgIpc) is 3.42. The summed E-state index contributed by atoms with van der Waals surface area (Å²) < 4.78 is 42.3. The minimum atomic E-state index is -3.23. The van der Waals surface area contributed by atoms with Gasteiger partial charge in [-0.3, -0.25) is 9.69 Å². The highest BCUT2D eigenvalue weighted by Gasteiger charge is 2.40. The molecule has 0 saturated carbocycles. The number of likely N-dealkylation sites (N-methyl/N-ethyl adjacent to an activating group) is 1. The molecule has 0 radical (unpaired) electrons. The summed E-state index contributed by atoms with van der Waals surface area (Å²) in [5, 5.41) is 4.21. The summed E-state index contributed by atoms with van der Waals surface area (Å²) in [5.41, 5.74) is -0.411. The molecule has 2 saturated heterocycles. The van der Waals surface area contributed by atoms with E-state index in [2.05, 4.69) is 5.16 Å². The summed E-state index contributed by atoms with van der Waals surface area (Å²) in [6.07, 6.45) is 4.96. The Morgan fingerprint density at radius 1 is 1.27 bits per heavy atom. The average molecular weight is 486 g/mol. The highest BCUT2D eigenvalue weighted by atomic mass is 32.2. The number of ether oxygens (including phenoxy) is 2. The maximum atomic E-state index is 13.2. The number of ketones is 1. The maximum Gasteiger partial charge on any atom is 0.211 e. The minimum absolute atomic E-state index is 0.00447. The van der Waals surface area contributed by atoms with Crippen molar-refractivity contribution in [3.05, 3.63) is 17.5 Å². The Balaban J connectivity index is 1.58. The molecule has 2 fully saturated rings. The van der Waals surface area contributed by atoms with Crippen molar-refractivity contribution in [2.45, 2.75) is 83.1 Å². The first-order valence-electron chi connectivity index (χ1n) is 11.7. The van der Waals surface area contributed by atoms with Crippen LogP contribution in [-0.2, 0) is 36.1 Å². The van der Waals surface area contributed by atoms with Crippen LogP contribution in [0.5, 0.6) is 0 Å². The second-order valence-corrected chi connectivity index (χ2v) is 12.5. The highest BCUT2D eigenvalue weighted by molar-refractivity contribution is 7.88. The van der Waals surface area contributed by atoms with Gasteiger partial charge in [0.2, 0.25) is 10.0 Å². The second-order valence-electron chi connectivity index (χ2n) is 10.5. The lowest BCUT2D eigenvalue weighted by atomic mass is 9.89. The van der Waals surface area contributed by atoms with Crippen LogP contribution < -0.4 is 0 Å². The van der Waals surface area contributed by atoms with E-state index in [4.69, 9.17) is 14.0 Å². The van der Waals surface area contributed by atoms with Crippen LogP contribution >= 0.6 is 0 Å². The third-order valence-corrected chi connectivity index (χ3v) is 8.33. The third kappa shape index (κ3) is 6.42. The molecule has 0 bridgehead atoms. The third-order valence-electron chi connectivity index (χ3n) is 7.06. The van der Waals surface area contributed by atoms with Crippen molar-refractivity contribution in [2.24, 2.45) is 0 Å². The van der Waals surface area contributed by atoms with Gasteiger partial charge in [0.15, 0.2) is 12.1 Å². The lowest BCUT2D eigenvalue weighted by Gasteiger charge is -2.38. The zero-order valence-electron chi connectivity index (χ0n) is 20.8. The number of rotatable bonds is 10. The van der Waals surface area contributed by atoms with Crippen molar-refractivity contribution in [3.63, 3.8) is 0 Å². The Morgan fingerprint density at radius 2 is 2.00 bits per heavy atom. The first-order valence-corrected chi connectivity index (χ1v) is 13.6. The van der Waals surface area contributed by atoms with Crippen LogP contribution in [0.15, 0.2) is 10.6 Å². The quantitative estimate of drug-likeness (QED) is 0.498. The number of hydrogen-bond acceptors (Lipinski definition) is 8. The fourth-order valence-corrected chi connectivity index (χ4v) is 5.17. The molecule has 0 aromatic carbocycles. The summed E-state index contributed by atoms with van der Waals surface area (Å²) in [6.45, 7) is 9.87. The Kier molecular flexibility index (Phi) is 8.05. The number of hydrogen-bond donors (Lipinski definition) is 0. The molecule has 3 heterocycles. The van der Waals surface area contributed by atoms with E-state index < -0.39 is 15.6 Å². The van der Waals surface area contributed by atoms with Gasteiger partial charge in [-0.2, -0.15) is 0 Å². The molecule has 9 nitrogen and oxygen atoms in total. The number of carbonyl (C=O) groups excluding carboxylic acids is 1. The number of aromatic nitrogens is 1. The normalized spacial score (nSPS) is 23.4. The molecule has 0 spiro atoms. The molecule has 2 aliphatic rings. The largest absolute Gasteiger partial charge is 0.361 e. The standard InChI is InChI=1S/C23H39N3O6S/c1-22(2,16-31-21-9-7-8-12-30-21)19-13-18(32-24-19)14-20(27)23(3,4)25(5)17-10-11-26(15-17)33(6,28)29/h13,17,21H,7-12,14-16H2,1-6H3/t17-,21?/m1/s1. The smallest absolute Gasteiger partial charge is 0.211 e. The zero-order valence-corrected chi connectivity index (χ0v) is 21.6. The molecule has 2 aliphatic heterocycles. The molecule has 1 aromatic rings. The van der Waals surface area contributed by atoms with Gasteiger partial charge in [0.25, 0.3) is 0 Å². The molecule has 0 N–H and O–H groups in total. The van der Waals surface area contributed by atoms with E-state index in [1.807, 2.05) is 45.7 Å². The molecular formula is C23H39N3O6S. The van der Waals surface area contributed by atoms with Crippen molar-refractivity contribution >= 4 is 15.8 Å². The Morgan fingerprint density at radius 3 is 2.61 bits per heavy atom. The molecule has 33 heavy (non-hydrogen) atoms. The lowest BCUT2D eigenvalue weighted by molar-refractivity contribution is -0.170. The van der Waals surface area contributed by atoms with Gasteiger partial charge in [-0.15, -0.1) is 0 Å². The van der Waals surface area contributed by atoms with Gasteiger partial charge in [-0.1, -0.05) is 19.0 Å². The van der Waals surface area contributed by atoms with Gasteiger partial charge in [0, 0.05) is 37.2 Å². The highest BCUT2D eigenvalue weighted by Crippen LogP contribution is 2.28. The lowest BCUT2D eigenvalue weighted by Crippen LogP contribution is -2.54. The first kappa shape index (κ1) is 26.3. The maximum absolute atomic E-state index is 13.2. The molecule has 188 valence electrons. The van der Waals surface area contributed by atoms with Gasteiger partial charge >= 0.3 is 0 Å². The van der Waals surface area contributed by atoms with Crippen LogP contribution in [0.1, 0.15) is 64.8 Å². The Bertz CT molecular complexity index is 920. The van der Waals surface area contributed by atoms with Crippen molar-refractivity contribution in [3.8, 4) is 0 Å². The predicted octanol–water partition coefficient (Wildman–Crippen LogP) is 2.35. The Labute approximate surface area is 197 Å². The van der Waals surface area contributed by atoms with Crippen LogP contribution in [0.25, 0.3) is 0 Å². The van der Waals surface area contributed by atoms with E-state index >= 15 is 0 Å². The molecule has 1 aromatic heterocycles. The molecule has 1 unspecified atom stereocenters. The van der Waals surface area contributed by atoms with Crippen molar-refractivity contribution < 1.29 is 27.2 Å². The molecular weight excluding hydrogens is 446 g/mol. The SMILES string of the molecule is CN([C@@H]1CCN(S(C)(=O)=O)C1)C(C)(C)C(=O)Cc1cc(C(C)(C)COC2CCCCO2)no1. The van der Waals surface area contributed by atoms with Gasteiger partial charge in [-0.25, -0.2) is 12.7 Å². The summed E-state index contributed by atoms with van der Waals surface area (Å²) in [4.78, 5) is 15.2. The molecule has 3 rings (SSSR count). The zero-order chi connectivity index (χ0) is 24.4. The second kappa shape index (κ2) is 10.1. The topological polar surface area (TPSA) is 102 Å². The van der Waals surface area contributed by atoms with Crippen LogP contribution in [0.3, 0.4) is 0 Å². The van der Waals surface area contributed by atoms with Gasteiger partial charge < -0.3 is 14.0 Å². The van der Waals surface area contributed by atoms with Crippen molar-refractivity contribution in [2.75, 3.05) is 39.6 Å². The van der Waals surface area contributed by atoms with E-state index in [1.165, 1.54) is 10.6 Å². The number of sulfonamides is 1. The Hall–Kier alpha value is -1.33. The monoisotopic (exact) mass is 485 g/mol. The van der Waals surface area contributed by atoms with E-state index in [0.717, 1.165) is 31.6 Å². The number of Topliss-reactive ketones (excluding diaryl/α,β-unsaturated/α-hetero) is 1. The van der Waals surface area contributed by atoms with Gasteiger partial charge in [0.05, 0.1) is 30.5 Å². The molecule has 10 heteroatoms. The van der Waals surface area contributed by atoms with Gasteiger partial charge in [-0.05, 0) is 46.6 Å². The summed E-state index contributed by atoms with van der Waals surface area (Å²) in [6, 6.07) is 1.82. The van der Waals surface area contributed by atoms with Crippen molar-refractivity contribution in [1.29, 1.82) is 0 Å². The summed E-state index contributed by atoms with van der Waals surface area (Å²) in [5.74, 6) is 0.512. The fraction of sp³-hybridized carbons (Fsp3) is 0.826. The fourth-order valence-electron chi connectivity index (χ4n) is 4.29. The number of carbonyl (C=O) groups is 1. The summed E-state index contributed by atoms with van der Waals surface area (Å²) in [7, 11) is -1.34. The summed E-state index contributed by atoms with van der Waals surface area (Å²) >= 11 is 0. The molecule has 2 atom stereocenters. The van der Waals surface area contributed by atoms with E-state index in [0.29, 0.717) is 31.9 Å². The van der Waals surface area contributed by atoms with Crippen LogP contribution in [0, 0.1) is 0 Å². The van der Waals surface area contributed by atoms with Gasteiger partial charge in [0.1, 0.15) is 5.76 Å². The van der Waals surface area contributed by atoms with Crippen LogP contribution in [0.4, 0.5) is 0 Å². The molecule has 0 aliphatic carbocycles. The van der Waals surface area contributed by atoms with Crippen LogP contribution in [-0.4, -0.2) is 86.0 Å². The predicted molar refractivity (Wildman–Crippen MR) is 124 cm³/mol. The first-order chi connectivity index (χ1) is 15.3. The van der Waals surface area contributed by atoms with E-state index in [9.17, 15) is 13.2 Å². The van der Waals surface area contributed by atoms with Crippen LogP contribution in [0.2, 0.25) is 0 Å². The van der Waals surface area contributed by atoms with Crippen molar-refractivity contribution in [1.82, 2.24) is 14.4 Å². The minimum Gasteiger partial charge on any atom is -0.361 e. The van der Waals surface area contributed by atoms with E-state index in [-0.39, 0.29) is 30.0 Å². The molecule has 0 amide bonds. The van der Waals surface area contributed by atoms with E-state index in [1.54, 1.807) is 0 Å². The number of nitrogens with zero attached hydrogens (tertiary/aromatic N) is 3.